The summed E-state index contributed by atoms with van der Waals surface area (Å²) in [5.41, 5.74) is 2.79. The summed E-state index contributed by atoms with van der Waals surface area (Å²) in [6.45, 7) is 3.96. The number of aryl methyl sites for hydroxylation is 1. The lowest BCUT2D eigenvalue weighted by molar-refractivity contribution is 0.464. The van der Waals surface area contributed by atoms with Crippen LogP contribution in [0.4, 0.5) is 0 Å². The molecule has 1 atom stereocenters. The quantitative estimate of drug-likeness (QED) is 0.333. The number of nitrogens with zero attached hydrogens (tertiary/aromatic N) is 3. The van der Waals surface area contributed by atoms with Gasteiger partial charge in [-0.15, -0.1) is 32.9 Å². The van der Waals surface area contributed by atoms with E-state index in [4.69, 9.17) is 9.40 Å². The van der Waals surface area contributed by atoms with E-state index in [-0.39, 0.29) is 10.8 Å². The molecule has 0 aliphatic heterocycles. The molecule has 0 spiro atoms. The molecule has 0 saturated carbocycles. The third-order valence-electron chi connectivity index (χ3n) is 4.69. The predicted octanol–water partition coefficient (Wildman–Crippen LogP) is 5.92. The van der Waals surface area contributed by atoms with Gasteiger partial charge in [0.15, 0.2) is 0 Å². The SMILES string of the molecule is Cc1ccccc1-c1nnc(SC(C)c2nc3scc(-c4cccs4)c3c(=O)[nH]2)o1. The Morgan fingerprint density at radius 3 is 2.77 bits per heavy atom. The predicted molar refractivity (Wildman–Crippen MR) is 122 cm³/mol. The Balaban J connectivity index is 1.43. The van der Waals surface area contributed by atoms with Gasteiger partial charge in [-0.05, 0) is 36.9 Å². The first kappa shape index (κ1) is 19.2. The molecule has 150 valence electrons. The van der Waals surface area contributed by atoms with Gasteiger partial charge in [-0.25, -0.2) is 4.98 Å². The number of hydrogen-bond donors (Lipinski definition) is 1. The normalized spacial score (nSPS) is 12.5. The number of hydrogen-bond acceptors (Lipinski definition) is 8. The van der Waals surface area contributed by atoms with E-state index in [1.54, 1.807) is 11.3 Å². The van der Waals surface area contributed by atoms with Gasteiger partial charge >= 0.3 is 0 Å². The topological polar surface area (TPSA) is 84.7 Å². The first-order valence-electron chi connectivity index (χ1n) is 9.21. The molecule has 9 heteroatoms. The van der Waals surface area contributed by atoms with Crippen LogP contribution in [0.15, 0.2) is 61.6 Å². The van der Waals surface area contributed by atoms with Crippen molar-refractivity contribution in [3.63, 3.8) is 0 Å². The van der Waals surface area contributed by atoms with E-state index in [0.29, 0.717) is 22.3 Å². The summed E-state index contributed by atoms with van der Waals surface area (Å²) in [7, 11) is 0. The van der Waals surface area contributed by atoms with Crippen molar-refractivity contribution >= 4 is 44.7 Å². The van der Waals surface area contributed by atoms with E-state index in [9.17, 15) is 4.79 Å². The summed E-state index contributed by atoms with van der Waals surface area (Å²) in [4.78, 5) is 22.3. The van der Waals surface area contributed by atoms with Crippen LogP contribution in [0.3, 0.4) is 0 Å². The van der Waals surface area contributed by atoms with Crippen LogP contribution < -0.4 is 5.56 Å². The number of thiophene rings is 2. The number of aromatic nitrogens is 4. The highest BCUT2D eigenvalue weighted by Gasteiger charge is 2.19. The highest BCUT2D eigenvalue weighted by atomic mass is 32.2. The molecule has 1 N–H and O–H groups in total. The van der Waals surface area contributed by atoms with Gasteiger partial charge in [0.2, 0.25) is 5.89 Å². The highest BCUT2D eigenvalue weighted by Crippen LogP contribution is 2.37. The van der Waals surface area contributed by atoms with E-state index in [2.05, 4.69) is 15.2 Å². The van der Waals surface area contributed by atoms with E-state index < -0.39 is 0 Å². The molecule has 5 rings (SSSR count). The molecule has 1 unspecified atom stereocenters. The van der Waals surface area contributed by atoms with Crippen LogP contribution in [0.25, 0.3) is 32.1 Å². The number of aromatic amines is 1. The maximum atomic E-state index is 12.8. The average Bonchev–Trinajstić information content (AvgIpc) is 3.48. The summed E-state index contributed by atoms with van der Waals surface area (Å²) in [5.74, 6) is 1.08. The van der Waals surface area contributed by atoms with Gasteiger partial charge in [-0.1, -0.05) is 36.0 Å². The van der Waals surface area contributed by atoms with Crippen molar-refractivity contribution in [2.24, 2.45) is 0 Å². The van der Waals surface area contributed by atoms with E-state index in [1.807, 2.05) is 61.0 Å². The average molecular weight is 453 g/mol. The lowest BCUT2D eigenvalue weighted by atomic mass is 10.1. The summed E-state index contributed by atoms with van der Waals surface area (Å²) in [5, 5.41) is 13.2. The maximum absolute atomic E-state index is 12.8. The van der Waals surface area contributed by atoms with Crippen LogP contribution in [0.2, 0.25) is 0 Å². The van der Waals surface area contributed by atoms with Crippen LogP contribution >= 0.6 is 34.4 Å². The summed E-state index contributed by atoms with van der Waals surface area (Å²) < 4.78 is 5.84. The third-order valence-corrected chi connectivity index (χ3v) is 7.41. The van der Waals surface area contributed by atoms with Crippen LogP contribution in [0.1, 0.15) is 23.6 Å². The van der Waals surface area contributed by atoms with Crippen molar-refractivity contribution in [3.8, 4) is 21.9 Å². The Morgan fingerprint density at radius 2 is 1.97 bits per heavy atom. The standard InChI is InChI=1S/C21H16N4O2S3/c1-11-6-3-4-7-13(11)19-24-25-21(27-19)30-12(2)17-22-18(26)16-14(10-29-20(16)23-17)15-8-5-9-28-15/h3-10,12H,1-2H3,(H,22,23,26). The monoisotopic (exact) mass is 452 g/mol. The van der Waals surface area contributed by atoms with Gasteiger partial charge in [0.25, 0.3) is 10.8 Å². The van der Waals surface area contributed by atoms with Crippen molar-refractivity contribution in [1.82, 2.24) is 20.2 Å². The van der Waals surface area contributed by atoms with Gasteiger partial charge in [-0.2, -0.15) is 0 Å². The lowest BCUT2D eigenvalue weighted by Crippen LogP contribution is -2.12. The Morgan fingerprint density at radius 1 is 1.10 bits per heavy atom. The Bertz CT molecular complexity index is 1390. The molecule has 30 heavy (non-hydrogen) atoms. The number of benzene rings is 1. The molecule has 0 saturated heterocycles. The number of fused-ring (bicyclic) bond motifs is 1. The molecule has 0 aliphatic carbocycles. The minimum atomic E-state index is -0.153. The first-order chi connectivity index (χ1) is 14.6. The van der Waals surface area contributed by atoms with E-state index >= 15 is 0 Å². The van der Waals surface area contributed by atoms with Crippen molar-refractivity contribution in [1.29, 1.82) is 0 Å². The molecule has 0 aliphatic rings. The third kappa shape index (κ3) is 3.49. The molecule has 0 bridgehead atoms. The Hall–Kier alpha value is -2.75. The number of thioether (sulfide) groups is 1. The second kappa shape index (κ2) is 7.82. The molecule has 0 radical (unpaired) electrons. The molecule has 4 aromatic heterocycles. The molecule has 1 aromatic carbocycles. The zero-order valence-corrected chi connectivity index (χ0v) is 18.5. The van der Waals surface area contributed by atoms with Gasteiger partial charge in [0.1, 0.15) is 10.7 Å². The smallest absolute Gasteiger partial charge is 0.277 e. The van der Waals surface area contributed by atoms with E-state index in [0.717, 1.165) is 26.4 Å². The van der Waals surface area contributed by atoms with Gasteiger partial charge < -0.3 is 9.40 Å². The fraction of sp³-hybridized carbons (Fsp3) is 0.143. The summed E-state index contributed by atoms with van der Waals surface area (Å²) >= 11 is 4.47. The van der Waals surface area contributed by atoms with Crippen molar-refractivity contribution < 1.29 is 4.42 Å². The van der Waals surface area contributed by atoms with Crippen molar-refractivity contribution in [3.05, 3.63) is 68.9 Å². The maximum Gasteiger partial charge on any atom is 0.277 e. The summed E-state index contributed by atoms with van der Waals surface area (Å²) in [6, 6.07) is 11.9. The molecular formula is C21H16N4O2S3. The van der Waals surface area contributed by atoms with Crippen LogP contribution in [0, 0.1) is 6.92 Å². The second-order valence-corrected chi connectivity index (χ2v) is 9.80. The van der Waals surface area contributed by atoms with Crippen LogP contribution in [-0.4, -0.2) is 20.2 Å². The van der Waals surface area contributed by atoms with Crippen LogP contribution in [-0.2, 0) is 0 Å². The molecule has 0 amide bonds. The molecule has 0 fully saturated rings. The number of rotatable bonds is 5. The molecule has 4 heterocycles. The van der Waals surface area contributed by atoms with Gasteiger partial charge in [0, 0.05) is 21.4 Å². The minimum absolute atomic E-state index is 0.127. The molecular weight excluding hydrogens is 436 g/mol. The van der Waals surface area contributed by atoms with Crippen molar-refractivity contribution in [2.45, 2.75) is 24.3 Å². The van der Waals surface area contributed by atoms with Gasteiger partial charge in [0.05, 0.1) is 10.6 Å². The fourth-order valence-electron chi connectivity index (χ4n) is 3.16. The first-order valence-corrected chi connectivity index (χ1v) is 11.9. The minimum Gasteiger partial charge on any atom is -0.411 e. The number of nitrogens with one attached hydrogen (secondary N) is 1. The van der Waals surface area contributed by atoms with Crippen molar-refractivity contribution in [2.75, 3.05) is 0 Å². The zero-order valence-electron chi connectivity index (χ0n) is 16.1. The lowest BCUT2D eigenvalue weighted by Gasteiger charge is -2.07. The fourth-order valence-corrected chi connectivity index (χ4v) is 5.67. The van der Waals surface area contributed by atoms with Crippen LogP contribution in [0.5, 0.6) is 0 Å². The number of H-pyrrole nitrogens is 1. The largest absolute Gasteiger partial charge is 0.411 e. The zero-order chi connectivity index (χ0) is 20.7. The molecule has 5 aromatic rings. The molecule has 6 nitrogen and oxygen atoms in total. The summed E-state index contributed by atoms with van der Waals surface area (Å²) in [6.07, 6.45) is 0. The van der Waals surface area contributed by atoms with Gasteiger partial charge in [-0.3, -0.25) is 4.79 Å². The Kier molecular flexibility index (Phi) is 5.01. The van der Waals surface area contributed by atoms with E-state index in [1.165, 1.54) is 23.1 Å². The second-order valence-electron chi connectivity index (χ2n) is 6.71. The Labute approximate surface area is 184 Å². The highest BCUT2D eigenvalue weighted by molar-refractivity contribution is 7.99.